The van der Waals surface area contributed by atoms with Crippen LogP contribution >= 0.6 is 11.8 Å². The Labute approximate surface area is 185 Å². The number of esters is 1. The Morgan fingerprint density at radius 1 is 1.23 bits per heavy atom. The Balaban J connectivity index is 1.56. The van der Waals surface area contributed by atoms with Crippen molar-refractivity contribution in [1.82, 2.24) is 14.8 Å². The molecule has 1 aliphatic heterocycles. The van der Waals surface area contributed by atoms with E-state index in [0.29, 0.717) is 11.6 Å². The maximum Gasteiger partial charge on any atom is 0.349 e. The molecule has 2 aliphatic rings. The van der Waals surface area contributed by atoms with Crippen molar-refractivity contribution in [2.75, 3.05) is 7.11 Å². The van der Waals surface area contributed by atoms with Gasteiger partial charge in [-0.1, -0.05) is 30.1 Å². The quantitative estimate of drug-likeness (QED) is 0.618. The van der Waals surface area contributed by atoms with Crippen molar-refractivity contribution in [3.05, 3.63) is 40.5 Å². The van der Waals surface area contributed by atoms with E-state index in [9.17, 15) is 15.0 Å². The molecule has 2 aromatic rings. The van der Waals surface area contributed by atoms with E-state index in [-0.39, 0.29) is 29.0 Å². The molecule has 1 aromatic heterocycles. The molecule has 1 fully saturated rings. The number of ether oxygens (including phenoxy) is 2. The highest BCUT2D eigenvalue weighted by Gasteiger charge is 2.48. The monoisotopic (exact) mass is 445 g/mol. The Morgan fingerprint density at radius 3 is 2.52 bits per heavy atom. The van der Waals surface area contributed by atoms with Gasteiger partial charge >= 0.3 is 12.0 Å². The summed E-state index contributed by atoms with van der Waals surface area (Å²) in [5.74, 6) is 0.501. The van der Waals surface area contributed by atoms with Gasteiger partial charge in [0.15, 0.2) is 5.16 Å². The van der Waals surface area contributed by atoms with Crippen LogP contribution in [0.15, 0.2) is 40.1 Å². The van der Waals surface area contributed by atoms with Crippen LogP contribution in [0, 0.1) is 5.92 Å². The summed E-state index contributed by atoms with van der Waals surface area (Å²) >= 11 is 0.961. The van der Waals surface area contributed by atoms with E-state index in [4.69, 9.17) is 9.47 Å². The van der Waals surface area contributed by atoms with Gasteiger partial charge in [-0.3, -0.25) is 4.57 Å². The fourth-order valence-corrected chi connectivity index (χ4v) is 5.31. The molecular formula is C22H27N3O5S. The molecular weight excluding hydrogens is 418 g/mol. The summed E-state index contributed by atoms with van der Waals surface area (Å²) in [4.78, 5) is 13.1. The lowest BCUT2D eigenvalue weighted by atomic mass is 9.77. The zero-order valence-corrected chi connectivity index (χ0v) is 18.5. The molecule has 1 atom stereocenters. The van der Waals surface area contributed by atoms with E-state index in [1.54, 1.807) is 14.2 Å². The van der Waals surface area contributed by atoms with Gasteiger partial charge in [-0.15, -0.1) is 5.10 Å². The number of hydrogen-bond acceptors (Lipinski definition) is 8. The fourth-order valence-electron chi connectivity index (χ4n) is 4.51. The van der Waals surface area contributed by atoms with Crippen molar-refractivity contribution in [3.63, 3.8) is 0 Å². The summed E-state index contributed by atoms with van der Waals surface area (Å²) in [5.41, 5.74) is 0.413. The molecule has 1 aliphatic carbocycles. The van der Waals surface area contributed by atoms with Gasteiger partial charge in [-0.25, -0.2) is 4.79 Å². The van der Waals surface area contributed by atoms with Crippen LogP contribution in [0.1, 0.15) is 44.1 Å². The molecule has 0 radical (unpaired) electrons. The third kappa shape index (κ3) is 4.37. The maximum absolute atomic E-state index is 13.0. The van der Waals surface area contributed by atoms with Crippen LogP contribution in [0.3, 0.4) is 0 Å². The minimum atomic E-state index is -0.719. The standard InChI is InChI=1S/C22H27N3O5S/c1-25-20(28)23-24-21(25)31-18-17(26)13-22(30-19(18)27,15-5-3-4-6-15)12-11-14-7-9-16(29-2)10-8-14/h7-10,15,26H,3-6,11-13H2,1-2H3,(H,23,28). The molecule has 0 amide bonds. The molecule has 31 heavy (non-hydrogen) atoms. The molecule has 2 N–H and O–H groups in total. The molecule has 1 saturated carbocycles. The predicted octanol–water partition coefficient (Wildman–Crippen LogP) is 3.90. The van der Waals surface area contributed by atoms with Gasteiger partial charge in [0.25, 0.3) is 0 Å². The minimum Gasteiger partial charge on any atom is -0.511 e. The highest BCUT2D eigenvalue weighted by molar-refractivity contribution is 8.03. The summed E-state index contributed by atoms with van der Waals surface area (Å²) in [6.07, 6.45) is 5.86. The second-order valence-electron chi connectivity index (χ2n) is 8.18. The van der Waals surface area contributed by atoms with Gasteiger partial charge in [0.2, 0.25) is 0 Å². The zero-order valence-electron chi connectivity index (χ0n) is 17.7. The van der Waals surface area contributed by atoms with E-state index in [1.807, 2.05) is 24.3 Å². The average Bonchev–Trinajstić information content (AvgIpc) is 3.42. The molecule has 8 nitrogen and oxygen atoms in total. The molecule has 0 spiro atoms. The number of aromatic hydroxyl groups is 1. The van der Waals surface area contributed by atoms with Gasteiger partial charge in [0.1, 0.15) is 22.0 Å². The Hall–Kier alpha value is -2.68. The van der Waals surface area contributed by atoms with Crippen molar-refractivity contribution >= 4 is 17.7 Å². The van der Waals surface area contributed by atoms with E-state index >= 15 is 0 Å². The molecule has 166 valence electrons. The largest absolute Gasteiger partial charge is 0.511 e. The smallest absolute Gasteiger partial charge is 0.349 e. The van der Waals surface area contributed by atoms with E-state index < -0.39 is 11.6 Å². The number of rotatable bonds is 7. The van der Waals surface area contributed by atoms with Crippen LogP contribution in [0.2, 0.25) is 0 Å². The number of carbonyl (C=O) groups is 1. The van der Waals surface area contributed by atoms with E-state index in [0.717, 1.165) is 55.2 Å². The molecule has 2 heterocycles. The number of nitrogens with zero attached hydrogens (tertiary/aromatic N) is 3. The fraction of sp³-hybridized carbons (Fsp3) is 0.500. The number of cyclic esters (lactones) is 1. The summed E-state index contributed by atoms with van der Waals surface area (Å²) in [7, 11) is 3.22. The summed E-state index contributed by atoms with van der Waals surface area (Å²) < 4.78 is 12.7. The Morgan fingerprint density at radius 2 is 1.94 bits per heavy atom. The second kappa shape index (κ2) is 8.82. The van der Waals surface area contributed by atoms with E-state index in [2.05, 4.69) is 10.2 Å². The van der Waals surface area contributed by atoms with Crippen LogP contribution in [0.25, 0.3) is 0 Å². The van der Waals surface area contributed by atoms with Crippen LogP contribution in [-0.4, -0.2) is 43.7 Å². The number of hydrogen-bond donors (Lipinski definition) is 2. The molecule has 9 heteroatoms. The van der Waals surface area contributed by atoms with E-state index in [1.165, 1.54) is 4.57 Å². The summed E-state index contributed by atoms with van der Waals surface area (Å²) in [6.45, 7) is 0. The van der Waals surface area contributed by atoms with Crippen molar-refractivity contribution in [1.29, 1.82) is 0 Å². The number of aromatic nitrogens is 3. The molecule has 1 unspecified atom stereocenters. The van der Waals surface area contributed by atoms with Crippen LogP contribution in [0.5, 0.6) is 11.8 Å². The first kappa shape index (κ1) is 21.5. The second-order valence-corrected chi connectivity index (χ2v) is 9.16. The number of methoxy groups -OCH3 is 1. The first-order valence-electron chi connectivity index (χ1n) is 10.5. The van der Waals surface area contributed by atoms with Crippen LogP contribution in [-0.2, 0) is 23.0 Å². The molecule has 0 saturated heterocycles. The number of thioether (sulfide) groups is 1. The summed E-state index contributed by atoms with van der Waals surface area (Å²) in [5, 5.41) is 28.2. The zero-order chi connectivity index (χ0) is 22.0. The van der Waals surface area contributed by atoms with Gasteiger partial charge in [-0.05, 0) is 61.1 Å². The first-order valence-corrected chi connectivity index (χ1v) is 11.3. The topological polar surface area (TPSA) is 107 Å². The summed E-state index contributed by atoms with van der Waals surface area (Å²) in [6, 6.07) is 7.62. The average molecular weight is 446 g/mol. The lowest BCUT2D eigenvalue weighted by Crippen LogP contribution is -2.45. The number of aryl methyl sites for hydroxylation is 1. The highest BCUT2D eigenvalue weighted by atomic mass is 32.2. The van der Waals surface area contributed by atoms with Gasteiger partial charge in [0.05, 0.1) is 7.11 Å². The third-order valence-corrected chi connectivity index (χ3v) is 7.45. The Kier molecular flexibility index (Phi) is 6.13. The number of aliphatic hydroxyl groups is 1. The van der Waals surface area contributed by atoms with Crippen molar-refractivity contribution in [2.24, 2.45) is 13.0 Å². The van der Waals surface area contributed by atoms with Crippen molar-refractivity contribution in [3.8, 4) is 11.8 Å². The predicted molar refractivity (Wildman–Crippen MR) is 115 cm³/mol. The molecule has 1 aromatic carbocycles. The number of aliphatic hydroxyl groups excluding tert-OH is 1. The lowest BCUT2D eigenvalue weighted by molar-refractivity contribution is -0.166. The van der Waals surface area contributed by atoms with Gasteiger partial charge < -0.3 is 19.7 Å². The van der Waals surface area contributed by atoms with Crippen molar-refractivity contribution < 1.29 is 24.5 Å². The first-order chi connectivity index (χ1) is 14.9. The highest BCUT2D eigenvalue weighted by Crippen LogP contribution is 2.47. The lowest BCUT2D eigenvalue weighted by Gasteiger charge is -2.41. The van der Waals surface area contributed by atoms with Crippen molar-refractivity contribution in [2.45, 2.75) is 55.7 Å². The maximum atomic E-state index is 13.0. The van der Waals surface area contributed by atoms with Gasteiger partial charge in [-0.2, -0.15) is 0 Å². The number of benzene rings is 1. The SMILES string of the molecule is COc1ccc(CCC2(C3CCCC3)CC(O)=C(Sc3nnc(O)n3C)C(=O)O2)cc1. The number of carbonyl (C=O) groups excluding carboxylic acids is 1. The van der Waals surface area contributed by atoms with Gasteiger partial charge in [0, 0.05) is 13.5 Å². The minimum absolute atomic E-state index is 0.0189. The van der Waals surface area contributed by atoms with Crippen LogP contribution < -0.4 is 4.74 Å². The molecule has 0 bridgehead atoms. The Bertz CT molecular complexity index is 982. The normalized spacial score (nSPS) is 22.1. The third-order valence-electron chi connectivity index (χ3n) is 6.31. The van der Waals surface area contributed by atoms with Crippen LogP contribution in [0.4, 0.5) is 0 Å². The molecule has 4 rings (SSSR count).